The zero-order valence-electron chi connectivity index (χ0n) is 12.3. The first-order valence-electron chi connectivity index (χ1n) is 7.30. The molecular formula is C16H23NO4. The molecule has 1 aromatic rings. The van der Waals surface area contributed by atoms with Crippen LogP contribution < -0.4 is 5.32 Å². The van der Waals surface area contributed by atoms with Crippen molar-refractivity contribution in [2.75, 3.05) is 6.54 Å². The molecule has 21 heavy (non-hydrogen) atoms. The van der Waals surface area contributed by atoms with Gasteiger partial charge in [-0.15, -0.1) is 0 Å². The largest absolute Gasteiger partial charge is 0.478 e. The summed E-state index contributed by atoms with van der Waals surface area (Å²) < 4.78 is 0. The fraction of sp³-hybridized carbons (Fsp3) is 0.500. The normalized spacial score (nSPS) is 11.9. The van der Waals surface area contributed by atoms with Gasteiger partial charge in [-0.2, -0.15) is 0 Å². The number of aliphatic hydroxyl groups is 1. The number of carboxylic acids is 1. The van der Waals surface area contributed by atoms with Gasteiger partial charge in [0.15, 0.2) is 0 Å². The predicted molar refractivity (Wildman–Crippen MR) is 80.3 cm³/mol. The molecule has 0 radical (unpaired) electrons. The van der Waals surface area contributed by atoms with Gasteiger partial charge in [0.25, 0.3) is 0 Å². The van der Waals surface area contributed by atoms with Gasteiger partial charge in [0, 0.05) is 13.0 Å². The lowest BCUT2D eigenvalue weighted by molar-refractivity contribution is -0.121. The first-order chi connectivity index (χ1) is 10.0. The Morgan fingerprint density at radius 1 is 1.24 bits per heavy atom. The van der Waals surface area contributed by atoms with Gasteiger partial charge in [-0.05, 0) is 43.4 Å². The maximum atomic E-state index is 11.6. The van der Waals surface area contributed by atoms with Crippen molar-refractivity contribution < 1.29 is 19.8 Å². The quantitative estimate of drug-likeness (QED) is 0.608. The molecule has 0 aliphatic carbocycles. The summed E-state index contributed by atoms with van der Waals surface area (Å²) in [6.07, 6.45) is 2.89. The molecule has 0 spiro atoms. The zero-order valence-corrected chi connectivity index (χ0v) is 12.3. The zero-order chi connectivity index (χ0) is 15.7. The highest BCUT2D eigenvalue weighted by atomic mass is 16.4. The summed E-state index contributed by atoms with van der Waals surface area (Å²) in [7, 11) is 0. The molecule has 1 unspecified atom stereocenters. The highest BCUT2D eigenvalue weighted by Gasteiger charge is 2.05. The second-order valence-corrected chi connectivity index (χ2v) is 5.06. The van der Waals surface area contributed by atoms with Crippen LogP contribution in [0.5, 0.6) is 0 Å². The van der Waals surface area contributed by atoms with E-state index < -0.39 is 5.97 Å². The van der Waals surface area contributed by atoms with Crippen molar-refractivity contribution in [1.29, 1.82) is 0 Å². The number of hydrogen-bond donors (Lipinski definition) is 3. The molecule has 0 aliphatic rings. The lowest BCUT2D eigenvalue weighted by atomic mass is 10.1. The third-order valence-electron chi connectivity index (χ3n) is 3.35. The number of aryl methyl sites for hydroxylation is 1. The summed E-state index contributed by atoms with van der Waals surface area (Å²) >= 11 is 0. The average molecular weight is 293 g/mol. The van der Waals surface area contributed by atoms with Crippen molar-refractivity contribution in [3.05, 3.63) is 35.4 Å². The van der Waals surface area contributed by atoms with Crippen LogP contribution >= 0.6 is 0 Å². The number of nitrogens with one attached hydrogen (secondary N) is 1. The van der Waals surface area contributed by atoms with E-state index in [2.05, 4.69) is 5.32 Å². The summed E-state index contributed by atoms with van der Waals surface area (Å²) in [6.45, 7) is 2.51. The van der Waals surface area contributed by atoms with E-state index in [0.717, 1.165) is 18.4 Å². The number of aromatic carboxylic acids is 1. The minimum atomic E-state index is -0.950. The fourth-order valence-corrected chi connectivity index (χ4v) is 1.93. The number of benzene rings is 1. The second kappa shape index (κ2) is 9.13. The van der Waals surface area contributed by atoms with E-state index in [1.165, 1.54) is 0 Å². The number of rotatable bonds is 9. The van der Waals surface area contributed by atoms with Crippen LogP contribution in [0.3, 0.4) is 0 Å². The van der Waals surface area contributed by atoms with Crippen LogP contribution in [0.25, 0.3) is 0 Å². The van der Waals surface area contributed by atoms with Crippen molar-refractivity contribution in [2.24, 2.45) is 0 Å². The van der Waals surface area contributed by atoms with Crippen LogP contribution in [-0.2, 0) is 11.2 Å². The molecule has 116 valence electrons. The predicted octanol–water partition coefficient (Wildman–Crippen LogP) is 1.98. The SMILES string of the molecule is CCC(O)CCCNC(=O)CCc1ccc(C(=O)O)cc1. The highest BCUT2D eigenvalue weighted by molar-refractivity contribution is 5.87. The molecule has 0 aliphatic heterocycles. The first-order valence-corrected chi connectivity index (χ1v) is 7.30. The second-order valence-electron chi connectivity index (χ2n) is 5.06. The maximum Gasteiger partial charge on any atom is 0.335 e. The lowest BCUT2D eigenvalue weighted by Crippen LogP contribution is -2.25. The van der Waals surface area contributed by atoms with Crippen molar-refractivity contribution >= 4 is 11.9 Å². The van der Waals surface area contributed by atoms with E-state index >= 15 is 0 Å². The summed E-state index contributed by atoms with van der Waals surface area (Å²) in [4.78, 5) is 22.4. The number of carbonyl (C=O) groups excluding carboxylic acids is 1. The summed E-state index contributed by atoms with van der Waals surface area (Å²) in [5.74, 6) is -0.975. The van der Waals surface area contributed by atoms with Gasteiger partial charge in [0.05, 0.1) is 11.7 Å². The minimum absolute atomic E-state index is 0.0247. The van der Waals surface area contributed by atoms with Crippen LogP contribution in [0, 0.1) is 0 Å². The summed E-state index contributed by atoms with van der Waals surface area (Å²) in [5.41, 5.74) is 1.19. The number of hydrogen-bond acceptors (Lipinski definition) is 3. The Labute approximate surface area is 125 Å². The first kappa shape index (κ1) is 17.2. The Morgan fingerprint density at radius 3 is 2.48 bits per heavy atom. The van der Waals surface area contributed by atoms with Crippen LogP contribution in [-0.4, -0.2) is 34.7 Å². The molecule has 1 rings (SSSR count). The molecule has 0 bridgehead atoms. The van der Waals surface area contributed by atoms with Gasteiger partial charge in [-0.1, -0.05) is 19.1 Å². The Bertz CT molecular complexity index is 456. The molecule has 0 fully saturated rings. The van der Waals surface area contributed by atoms with E-state index in [9.17, 15) is 14.7 Å². The van der Waals surface area contributed by atoms with Crippen LogP contribution in [0.1, 0.15) is 48.5 Å². The third-order valence-corrected chi connectivity index (χ3v) is 3.35. The molecule has 1 amide bonds. The molecule has 1 aromatic carbocycles. The smallest absolute Gasteiger partial charge is 0.335 e. The molecule has 0 heterocycles. The van der Waals surface area contributed by atoms with Gasteiger partial charge in [0.2, 0.25) is 5.91 Å². The molecule has 0 aromatic heterocycles. The van der Waals surface area contributed by atoms with Crippen molar-refractivity contribution in [3.8, 4) is 0 Å². The van der Waals surface area contributed by atoms with Gasteiger partial charge in [-0.3, -0.25) is 4.79 Å². The number of amides is 1. The Kier molecular flexibility index (Phi) is 7.46. The highest BCUT2D eigenvalue weighted by Crippen LogP contribution is 2.07. The molecule has 0 saturated heterocycles. The standard InChI is InChI=1S/C16H23NO4/c1-2-14(18)4-3-11-17-15(19)10-7-12-5-8-13(9-6-12)16(20)21/h5-6,8-9,14,18H,2-4,7,10-11H2,1H3,(H,17,19)(H,20,21). The van der Waals surface area contributed by atoms with Gasteiger partial charge in [-0.25, -0.2) is 4.79 Å². The van der Waals surface area contributed by atoms with E-state index in [1.54, 1.807) is 24.3 Å². The number of carbonyl (C=O) groups is 2. The fourth-order valence-electron chi connectivity index (χ4n) is 1.93. The molecule has 3 N–H and O–H groups in total. The van der Waals surface area contributed by atoms with Crippen LogP contribution in [0.4, 0.5) is 0 Å². The Balaban J connectivity index is 2.22. The average Bonchev–Trinajstić information content (AvgIpc) is 2.49. The van der Waals surface area contributed by atoms with E-state index in [1.807, 2.05) is 6.92 Å². The van der Waals surface area contributed by atoms with E-state index in [-0.39, 0.29) is 17.6 Å². The van der Waals surface area contributed by atoms with Gasteiger partial charge >= 0.3 is 5.97 Å². The van der Waals surface area contributed by atoms with Crippen LogP contribution in [0.2, 0.25) is 0 Å². The monoisotopic (exact) mass is 293 g/mol. The Morgan fingerprint density at radius 2 is 1.90 bits per heavy atom. The minimum Gasteiger partial charge on any atom is -0.478 e. The van der Waals surface area contributed by atoms with Gasteiger partial charge < -0.3 is 15.5 Å². The third kappa shape index (κ3) is 6.90. The topological polar surface area (TPSA) is 86.6 Å². The molecule has 5 heteroatoms. The lowest BCUT2D eigenvalue weighted by Gasteiger charge is -2.08. The maximum absolute atomic E-state index is 11.6. The van der Waals surface area contributed by atoms with Crippen molar-refractivity contribution in [2.45, 2.75) is 45.1 Å². The number of carboxylic acid groups (broad SMARTS) is 1. The number of aliphatic hydroxyl groups excluding tert-OH is 1. The van der Waals surface area contributed by atoms with Crippen LogP contribution in [0.15, 0.2) is 24.3 Å². The van der Waals surface area contributed by atoms with Gasteiger partial charge in [0.1, 0.15) is 0 Å². The molecule has 5 nitrogen and oxygen atoms in total. The van der Waals surface area contributed by atoms with Crippen molar-refractivity contribution in [3.63, 3.8) is 0 Å². The van der Waals surface area contributed by atoms with E-state index in [0.29, 0.717) is 25.8 Å². The molecular weight excluding hydrogens is 270 g/mol. The molecule has 1 atom stereocenters. The van der Waals surface area contributed by atoms with E-state index in [4.69, 9.17) is 5.11 Å². The molecule has 0 saturated carbocycles. The van der Waals surface area contributed by atoms with Crippen molar-refractivity contribution in [1.82, 2.24) is 5.32 Å². The Hall–Kier alpha value is -1.88. The summed E-state index contributed by atoms with van der Waals surface area (Å²) in [6, 6.07) is 6.55. The summed E-state index contributed by atoms with van der Waals surface area (Å²) in [5, 5.41) is 21.0.